The molecular weight excluding hydrogens is 368 g/mol. The van der Waals surface area contributed by atoms with E-state index < -0.39 is 5.63 Å². The van der Waals surface area contributed by atoms with Crippen LogP contribution in [-0.2, 0) is 4.79 Å². The third-order valence-electron chi connectivity index (χ3n) is 5.26. The van der Waals surface area contributed by atoms with Crippen LogP contribution < -0.4 is 20.6 Å². The van der Waals surface area contributed by atoms with Gasteiger partial charge in [-0.15, -0.1) is 0 Å². The third kappa shape index (κ3) is 4.77. The second-order valence-electron chi connectivity index (χ2n) is 7.51. The number of carbonyl (C=O) groups is 1. The molecule has 0 bridgehead atoms. The lowest BCUT2D eigenvalue weighted by Crippen LogP contribution is -2.32. The van der Waals surface area contributed by atoms with Crippen LogP contribution in [0.2, 0.25) is 0 Å². The highest BCUT2D eigenvalue weighted by atomic mass is 16.5. The largest absolute Gasteiger partial charge is 0.484 e. The van der Waals surface area contributed by atoms with Crippen molar-refractivity contribution in [3.8, 4) is 5.75 Å². The fraction of sp³-hybridized carbons (Fsp3) is 0.304. The molecule has 0 unspecified atom stereocenters. The number of ether oxygens (including phenoxy) is 1. The van der Waals surface area contributed by atoms with Gasteiger partial charge in [0.05, 0.1) is 0 Å². The molecule has 0 saturated carbocycles. The minimum Gasteiger partial charge on any atom is -0.484 e. The number of amides is 1. The summed E-state index contributed by atoms with van der Waals surface area (Å²) in [5.74, 6) is 1.01. The van der Waals surface area contributed by atoms with Crippen molar-refractivity contribution in [2.45, 2.75) is 19.8 Å². The maximum Gasteiger partial charge on any atom is 0.336 e. The number of nitrogens with zero attached hydrogens (tertiary/aromatic N) is 1. The van der Waals surface area contributed by atoms with E-state index in [-0.39, 0.29) is 12.5 Å². The highest BCUT2D eigenvalue weighted by molar-refractivity contribution is 5.92. The zero-order valence-electron chi connectivity index (χ0n) is 16.4. The van der Waals surface area contributed by atoms with Gasteiger partial charge < -0.3 is 19.4 Å². The Labute approximate surface area is 169 Å². The first kappa shape index (κ1) is 19.1. The Morgan fingerprint density at radius 3 is 2.59 bits per heavy atom. The van der Waals surface area contributed by atoms with E-state index in [9.17, 15) is 9.59 Å². The monoisotopic (exact) mass is 392 g/mol. The second kappa shape index (κ2) is 8.39. The normalized spacial score (nSPS) is 14.7. The average molecular weight is 392 g/mol. The van der Waals surface area contributed by atoms with Gasteiger partial charge in [-0.25, -0.2) is 4.79 Å². The first-order valence-electron chi connectivity index (χ1n) is 9.88. The number of piperidine rings is 1. The Kier molecular flexibility index (Phi) is 5.51. The van der Waals surface area contributed by atoms with E-state index in [4.69, 9.17) is 9.15 Å². The van der Waals surface area contributed by atoms with Gasteiger partial charge in [-0.3, -0.25) is 4.79 Å². The molecule has 0 atom stereocenters. The molecule has 1 aliphatic rings. The van der Waals surface area contributed by atoms with E-state index >= 15 is 0 Å². The molecule has 1 saturated heterocycles. The minimum atomic E-state index is -0.421. The van der Waals surface area contributed by atoms with Crippen LogP contribution in [0.3, 0.4) is 0 Å². The molecule has 2 aromatic carbocycles. The van der Waals surface area contributed by atoms with Crippen LogP contribution in [0.1, 0.15) is 19.8 Å². The predicted molar refractivity (Wildman–Crippen MR) is 114 cm³/mol. The topological polar surface area (TPSA) is 71.8 Å². The molecule has 1 aromatic heterocycles. The molecule has 150 valence electrons. The van der Waals surface area contributed by atoms with Crippen LogP contribution in [0.15, 0.2) is 63.8 Å². The molecule has 3 aromatic rings. The fourth-order valence-electron chi connectivity index (χ4n) is 3.50. The van der Waals surface area contributed by atoms with Crippen molar-refractivity contribution >= 4 is 28.3 Å². The lowest BCUT2D eigenvalue weighted by molar-refractivity contribution is -0.118. The summed E-state index contributed by atoms with van der Waals surface area (Å²) < 4.78 is 10.7. The van der Waals surface area contributed by atoms with E-state index in [1.807, 2.05) is 24.3 Å². The lowest BCUT2D eigenvalue weighted by atomic mass is 9.99. The summed E-state index contributed by atoms with van der Waals surface area (Å²) in [4.78, 5) is 25.9. The first-order valence-corrected chi connectivity index (χ1v) is 9.88. The quantitative estimate of drug-likeness (QED) is 0.664. The number of hydrogen-bond acceptors (Lipinski definition) is 5. The number of hydrogen-bond donors (Lipinski definition) is 1. The van der Waals surface area contributed by atoms with Crippen LogP contribution in [-0.4, -0.2) is 25.6 Å². The number of carbonyl (C=O) groups excluding carboxylic acids is 1. The summed E-state index contributed by atoms with van der Waals surface area (Å²) in [6.07, 6.45) is 2.43. The van der Waals surface area contributed by atoms with Crippen LogP contribution in [0.4, 0.5) is 11.4 Å². The van der Waals surface area contributed by atoms with Crippen molar-refractivity contribution < 1.29 is 13.9 Å². The number of nitrogens with one attached hydrogen (secondary N) is 1. The maximum atomic E-state index is 12.2. The van der Waals surface area contributed by atoms with Gasteiger partial charge in [-0.05, 0) is 61.2 Å². The van der Waals surface area contributed by atoms with E-state index in [1.165, 1.54) is 24.6 Å². The summed E-state index contributed by atoms with van der Waals surface area (Å²) in [6, 6.07) is 16.1. The lowest BCUT2D eigenvalue weighted by Gasteiger charge is -2.32. The summed E-state index contributed by atoms with van der Waals surface area (Å²) in [7, 11) is 0. The molecule has 0 aliphatic carbocycles. The Morgan fingerprint density at radius 2 is 1.83 bits per heavy atom. The SMILES string of the molecule is CC1CCN(c2ccc(NC(=O)COc3ccc4ccc(=O)oc4c3)cc2)CC1. The van der Waals surface area contributed by atoms with Gasteiger partial charge in [-0.1, -0.05) is 6.92 Å². The van der Waals surface area contributed by atoms with Crippen molar-refractivity contribution in [1.29, 1.82) is 0 Å². The van der Waals surface area contributed by atoms with Crippen molar-refractivity contribution in [3.63, 3.8) is 0 Å². The van der Waals surface area contributed by atoms with Crippen LogP contribution >= 0.6 is 0 Å². The van der Waals surface area contributed by atoms with Gasteiger partial charge in [-0.2, -0.15) is 0 Å². The van der Waals surface area contributed by atoms with Crippen molar-refractivity contribution in [1.82, 2.24) is 0 Å². The molecule has 2 heterocycles. The highest BCUT2D eigenvalue weighted by Gasteiger charge is 2.16. The predicted octanol–water partition coefficient (Wildman–Crippen LogP) is 4.05. The maximum absolute atomic E-state index is 12.2. The third-order valence-corrected chi connectivity index (χ3v) is 5.26. The molecule has 6 heteroatoms. The molecular formula is C23H24N2O4. The zero-order chi connectivity index (χ0) is 20.2. The van der Waals surface area contributed by atoms with Crippen molar-refractivity contribution in [2.24, 2.45) is 5.92 Å². The Bertz CT molecular complexity index is 1050. The molecule has 1 aliphatic heterocycles. The van der Waals surface area contributed by atoms with Gasteiger partial charge >= 0.3 is 5.63 Å². The van der Waals surface area contributed by atoms with Gasteiger partial charge in [0.1, 0.15) is 11.3 Å². The van der Waals surface area contributed by atoms with Crippen LogP contribution in [0, 0.1) is 5.92 Å². The van der Waals surface area contributed by atoms with Crippen molar-refractivity contribution in [2.75, 3.05) is 29.9 Å². The summed E-state index contributed by atoms with van der Waals surface area (Å²) in [6.45, 7) is 4.32. The molecule has 6 nitrogen and oxygen atoms in total. The first-order chi connectivity index (χ1) is 14.1. The summed E-state index contributed by atoms with van der Waals surface area (Å²) in [5.41, 5.74) is 1.93. The Morgan fingerprint density at radius 1 is 1.10 bits per heavy atom. The number of fused-ring (bicyclic) bond motifs is 1. The standard InChI is InChI=1S/C23H24N2O4/c1-16-10-12-25(13-11-16)19-6-4-18(5-7-19)24-22(26)15-28-20-8-2-17-3-9-23(27)29-21(17)14-20/h2-9,14,16H,10-13,15H2,1H3,(H,24,26). The summed E-state index contributed by atoms with van der Waals surface area (Å²) in [5, 5.41) is 3.64. The van der Waals surface area contributed by atoms with E-state index in [1.54, 1.807) is 24.3 Å². The molecule has 0 spiro atoms. The summed E-state index contributed by atoms with van der Waals surface area (Å²) >= 11 is 0. The molecule has 0 radical (unpaired) electrons. The van der Waals surface area contributed by atoms with E-state index in [2.05, 4.69) is 17.1 Å². The Balaban J connectivity index is 1.32. The number of anilines is 2. The highest BCUT2D eigenvalue weighted by Crippen LogP contribution is 2.24. The number of rotatable bonds is 5. The Hall–Kier alpha value is -3.28. The van der Waals surface area contributed by atoms with Crippen molar-refractivity contribution in [3.05, 3.63) is 65.0 Å². The zero-order valence-corrected chi connectivity index (χ0v) is 16.4. The molecule has 4 rings (SSSR count). The van der Waals surface area contributed by atoms with Gasteiger partial charge in [0.2, 0.25) is 0 Å². The van der Waals surface area contributed by atoms with Gasteiger partial charge in [0, 0.05) is 42.0 Å². The number of benzene rings is 2. The van der Waals surface area contributed by atoms with Crippen LogP contribution in [0.25, 0.3) is 11.0 Å². The van der Waals surface area contributed by atoms with E-state index in [0.29, 0.717) is 11.3 Å². The minimum absolute atomic E-state index is 0.131. The molecule has 1 amide bonds. The van der Waals surface area contributed by atoms with Gasteiger partial charge in [0.25, 0.3) is 5.91 Å². The fourth-order valence-corrected chi connectivity index (χ4v) is 3.50. The smallest absolute Gasteiger partial charge is 0.336 e. The molecule has 1 fully saturated rings. The van der Waals surface area contributed by atoms with Gasteiger partial charge in [0.15, 0.2) is 6.61 Å². The molecule has 1 N–H and O–H groups in total. The molecule has 29 heavy (non-hydrogen) atoms. The van der Waals surface area contributed by atoms with Crippen LogP contribution in [0.5, 0.6) is 5.75 Å². The van der Waals surface area contributed by atoms with E-state index in [0.717, 1.165) is 30.1 Å². The second-order valence-corrected chi connectivity index (χ2v) is 7.51. The average Bonchev–Trinajstić information content (AvgIpc) is 2.73.